The SMILES string of the molecule is O[C@]1(C#Cc2cccc(Cl)c2)CCC[C@@H](N2CCC3=NC=C[N+]32)C1. The van der Waals surface area contributed by atoms with Crippen molar-refractivity contribution in [3.05, 3.63) is 47.3 Å². The van der Waals surface area contributed by atoms with Gasteiger partial charge < -0.3 is 5.11 Å². The molecule has 3 aliphatic rings. The van der Waals surface area contributed by atoms with Gasteiger partial charge in [0.1, 0.15) is 5.60 Å². The summed E-state index contributed by atoms with van der Waals surface area (Å²) in [4.78, 5) is 4.38. The lowest BCUT2D eigenvalue weighted by Gasteiger charge is -2.35. The Morgan fingerprint density at radius 2 is 2.33 bits per heavy atom. The third-order valence-corrected chi connectivity index (χ3v) is 5.16. The number of aliphatic hydroxyl groups is 1. The van der Waals surface area contributed by atoms with E-state index in [0.29, 0.717) is 17.5 Å². The molecular weight excluding hydrogens is 322 g/mol. The first-order valence-electron chi connectivity index (χ1n) is 8.43. The van der Waals surface area contributed by atoms with E-state index in [1.54, 1.807) is 0 Å². The number of amidine groups is 1. The molecule has 1 aliphatic carbocycles. The Labute approximate surface area is 147 Å². The first-order chi connectivity index (χ1) is 11.6. The molecule has 1 aromatic rings. The van der Waals surface area contributed by atoms with E-state index in [9.17, 15) is 5.11 Å². The first kappa shape index (κ1) is 15.9. The van der Waals surface area contributed by atoms with Crippen molar-refractivity contribution >= 4 is 17.4 Å². The van der Waals surface area contributed by atoms with Gasteiger partial charge in [-0.1, -0.05) is 34.5 Å². The Hall–Kier alpha value is -1.64. The molecule has 1 aromatic carbocycles. The first-order valence-corrected chi connectivity index (χ1v) is 8.81. The van der Waals surface area contributed by atoms with Gasteiger partial charge in [-0.2, -0.15) is 4.99 Å². The van der Waals surface area contributed by atoms with E-state index in [2.05, 4.69) is 26.9 Å². The highest BCUT2D eigenvalue weighted by Crippen LogP contribution is 2.33. The Morgan fingerprint density at radius 1 is 1.42 bits per heavy atom. The van der Waals surface area contributed by atoms with Gasteiger partial charge in [0.05, 0.1) is 25.2 Å². The van der Waals surface area contributed by atoms with Crippen LogP contribution in [0.5, 0.6) is 0 Å². The van der Waals surface area contributed by atoms with Crippen molar-refractivity contribution in [2.45, 2.75) is 43.7 Å². The summed E-state index contributed by atoms with van der Waals surface area (Å²) < 4.78 is 0. The molecule has 2 atom stereocenters. The predicted octanol–water partition coefficient (Wildman–Crippen LogP) is 3.01. The summed E-state index contributed by atoms with van der Waals surface area (Å²) in [6, 6.07) is 7.75. The molecule has 0 aromatic heterocycles. The fraction of sp³-hybridized carbons (Fsp3) is 0.421. The Balaban J connectivity index is 1.50. The maximum Gasteiger partial charge on any atom is 0.281 e. The second-order valence-corrected chi connectivity index (χ2v) is 7.08. The largest absolute Gasteiger partial charge is 0.378 e. The third kappa shape index (κ3) is 3.13. The molecule has 0 unspecified atom stereocenters. The number of hydrogen-bond donors (Lipinski definition) is 1. The molecule has 4 rings (SSSR count). The average Bonchev–Trinajstić information content (AvgIpc) is 3.16. The lowest BCUT2D eigenvalue weighted by atomic mass is 9.81. The van der Waals surface area contributed by atoms with Gasteiger partial charge in [0.25, 0.3) is 5.84 Å². The van der Waals surface area contributed by atoms with Crippen molar-refractivity contribution in [3.63, 3.8) is 0 Å². The van der Waals surface area contributed by atoms with Crippen LogP contribution in [0, 0.1) is 11.8 Å². The van der Waals surface area contributed by atoms with Crippen LogP contribution in [0.2, 0.25) is 5.02 Å². The van der Waals surface area contributed by atoms with E-state index < -0.39 is 5.60 Å². The van der Waals surface area contributed by atoms with Gasteiger partial charge in [-0.3, -0.25) is 0 Å². The summed E-state index contributed by atoms with van der Waals surface area (Å²) in [6.07, 6.45) is 8.27. The van der Waals surface area contributed by atoms with E-state index >= 15 is 0 Å². The number of halogens is 1. The topological polar surface area (TPSA) is 41.7 Å². The molecule has 4 nitrogen and oxygen atoms in total. The zero-order valence-electron chi connectivity index (χ0n) is 13.5. The lowest BCUT2D eigenvalue weighted by Crippen LogP contribution is -2.51. The zero-order valence-corrected chi connectivity index (χ0v) is 14.2. The predicted molar refractivity (Wildman–Crippen MR) is 95.6 cm³/mol. The van der Waals surface area contributed by atoms with E-state index in [-0.39, 0.29) is 0 Å². The summed E-state index contributed by atoms with van der Waals surface area (Å²) >= 11 is 6.00. The monoisotopic (exact) mass is 341 g/mol. The Morgan fingerprint density at radius 3 is 3.21 bits per heavy atom. The Kier molecular flexibility index (Phi) is 4.19. The molecule has 1 N–H and O–H groups in total. The van der Waals surface area contributed by atoms with Crippen LogP contribution in [-0.4, -0.2) is 34.1 Å². The minimum atomic E-state index is -0.936. The molecule has 1 radical (unpaired) electrons. The van der Waals surface area contributed by atoms with Gasteiger partial charge >= 0.3 is 0 Å². The summed E-state index contributed by atoms with van der Waals surface area (Å²) in [5.74, 6) is 7.31. The normalized spacial score (nSPS) is 29.9. The molecule has 5 heteroatoms. The lowest BCUT2D eigenvalue weighted by molar-refractivity contribution is -0.00209. The number of hydrazine groups is 1. The average molecular weight is 342 g/mol. The van der Waals surface area contributed by atoms with Gasteiger partial charge in [0.15, 0.2) is 6.20 Å². The molecule has 24 heavy (non-hydrogen) atoms. The molecule has 2 aliphatic heterocycles. The van der Waals surface area contributed by atoms with Crippen molar-refractivity contribution in [3.8, 4) is 11.8 Å². The zero-order chi connectivity index (χ0) is 16.6. The summed E-state index contributed by atoms with van der Waals surface area (Å²) in [7, 11) is 0. The van der Waals surface area contributed by atoms with Crippen LogP contribution >= 0.6 is 11.6 Å². The van der Waals surface area contributed by atoms with Crippen LogP contribution in [0.3, 0.4) is 0 Å². The molecule has 2 heterocycles. The molecule has 0 spiro atoms. The van der Waals surface area contributed by atoms with Crippen LogP contribution in [-0.2, 0) is 0 Å². The van der Waals surface area contributed by atoms with Crippen LogP contribution in [0.1, 0.15) is 37.7 Å². The number of hydrogen-bond acceptors (Lipinski definition) is 4. The second kappa shape index (κ2) is 6.34. The van der Waals surface area contributed by atoms with Gasteiger partial charge in [-0.05, 0) is 37.5 Å². The maximum atomic E-state index is 11.0. The van der Waals surface area contributed by atoms with Gasteiger partial charge in [0, 0.05) is 22.0 Å². The highest BCUT2D eigenvalue weighted by Gasteiger charge is 2.47. The molecule has 1 saturated heterocycles. The molecule has 1 saturated carbocycles. The summed E-state index contributed by atoms with van der Waals surface area (Å²) in [5.41, 5.74) is -0.0923. The van der Waals surface area contributed by atoms with Crippen LogP contribution in [0.15, 0.2) is 41.7 Å². The summed E-state index contributed by atoms with van der Waals surface area (Å²) in [6.45, 7) is 0.964. The fourth-order valence-corrected chi connectivity index (χ4v) is 3.96. The molecule has 123 valence electrons. The maximum absolute atomic E-state index is 11.0. The van der Waals surface area contributed by atoms with E-state index in [1.807, 2.05) is 36.7 Å². The van der Waals surface area contributed by atoms with E-state index in [1.165, 1.54) is 0 Å². The van der Waals surface area contributed by atoms with Crippen molar-refractivity contribution in [1.29, 1.82) is 0 Å². The van der Waals surface area contributed by atoms with Gasteiger partial charge in [-0.15, -0.1) is 0 Å². The van der Waals surface area contributed by atoms with Crippen molar-refractivity contribution in [1.82, 2.24) is 10.0 Å². The van der Waals surface area contributed by atoms with Crippen LogP contribution in [0.25, 0.3) is 0 Å². The van der Waals surface area contributed by atoms with Crippen molar-refractivity contribution in [2.24, 2.45) is 4.99 Å². The smallest absolute Gasteiger partial charge is 0.281 e. The van der Waals surface area contributed by atoms with Crippen molar-refractivity contribution in [2.75, 3.05) is 6.54 Å². The van der Waals surface area contributed by atoms with E-state index in [4.69, 9.17) is 11.6 Å². The number of aliphatic imine (C=N–C) groups is 1. The van der Waals surface area contributed by atoms with Crippen LogP contribution in [0.4, 0.5) is 0 Å². The molecule has 0 amide bonds. The fourth-order valence-electron chi connectivity index (χ4n) is 3.77. The quantitative estimate of drug-likeness (QED) is 0.630. The Bertz CT molecular complexity index is 763. The third-order valence-electron chi connectivity index (χ3n) is 4.92. The molecule has 2 fully saturated rings. The van der Waals surface area contributed by atoms with Gasteiger partial charge in [-0.25, -0.2) is 0 Å². The molecular formula is C19H20ClN3O+. The second-order valence-electron chi connectivity index (χ2n) is 6.64. The highest BCUT2D eigenvalue weighted by atomic mass is 35.5. The number of rotatable bonds is 1. The minimum Gasteiger partial charge on any atom is -0.378 e. The van der Waals surface area contributed by atoms with Crippen molar-refractivity contribution < 1.29 is 5.11 Å². The number of nitrogens with zero attached hydrogens (tertiary/aromatic N) is 3. The molecule has 0 bridgehead atoms. The summed E-state index contributed by atoms with van der Waals surface area (Å²) in [5, 5.41) is 16.1. The number of fused-ring (bicyclic) bond motifs is 1. The standard InChI is InChI=1S/C19H20ClN3O/c20-16-4-1-3-15(13-16)6-9-19(24)8-2-5-17(14-19)22-11-7-18-21-10-12-23(18)22/h1,3-4,10,12-13,17,24H,2,5,7-8,11,14H2/q+1/t17-,19+/m1/s1. The minimum absolute atomic E-state index is 0.299. The van der Waals surface area contributed by atoms with Gasteiger partial charge in [0.2, 0.25) is 0 Å². The highest BCUT2D eigenvalue weighted by molar-refractivity contribution is 6.30. The van der Waals surface area contributed by atoms with Crippen LogP contribution < -0.4 is 5.01 Å². The number of benzene rings is 1. The van der Waals surface area contributed by atoms with E-state index in [0.717, 1.165) is 43.6 Å².